The van der Waals surface area contributed by atoms with Crippen LogP contribution in [0.4, 0.5) is 4.39 Å². The summed E-state index contributed by atoms with van der Waals surface area (Å²) in [6, 6.07) is 6.09. The Morgan fingerprint density at radius 2 is 1.77 bits per heavy atom. The predicted octanol–water partition coefficient (Wildman–Crippen LogP) is 0.649. The van der Waals surface area contributed by atoms with Crippen LogP contribution < -0.4 is 5.32 Å². The first-order valence-corrected chi connectivity index (χ1v) is 7.52. The molecule has 1 N–H and O–H groups in total. The first-order chi connectivity index (χ1) is 10.5. The van der Waals surface area contributed by atoms with Gasteiger partial charge < -0.3 is 15.1 Å². The lowest BCUT2D eigenvalue weighted by Gasteiger charge is -2.32. The van der Waals surface area contributed by atoms with Gasteiger partial charge in [0.1, 0.15) is 5.82 Å². The third-order valence-electron chi connectivity index (χ3n) is 3.85. The van der Waals surface area contributed by atoms with Crippen molar-refractivity contribution in [3.63, 3.8) is 0 Å². The molecular formula is C16H22FN3O2. The molecule has 120 valence electrons. The second kappa shape index (κ2) is 7.89. The highest BCUT2D eigenvalue weighted by Gasteiger charge is 2.19. The summed E-state index contributed by atoms with van der Waals surface area (Å²) in [5.74, 6) is -0.485. The highest BCUT2D eigenvalue weighted by molar-refractivity contribution is 5.84. The summed E-state index contributed by atoms with van der Waals surface area (Å²) in [6.45, 7) is 3.20. The Bertz CT molecular complexity index is 511. The highest BCUT2D eigenvalue weighted by atomic mass is 19.1. The molecule has 2 rings (SSSR count). The fourth-order valence-electron chi connectivity index (χ4n) is 2.34. The van der Waals surface area contributed by atoms with Gasteiger partial charge >= 0.3 is 0 Å². The summed E-state index contributed by atoms with van der Waals surface area (Å²) in [5.41, 5.74) is 0.905. The molecule has 0 saturated carbocycles. The zero-order valence-corrected chi connectivity index (χ0v) is 12.8. The van der Waals surface area contributed by atoms with E-state index in [1.54, 1.807) is 17.0 Å². The van der Waals surface area contributed by atoms with Crippen molar-refractivity contribution < 1.29 is 14.0 Å². The lowest BCUT2D eigenvalue weighted by atomic mass is 10.1. The Labute approximate surface area is 130 Å². The molecule has 0 bridgehead atoms. The number of hydrogen-bond donors (Lipinski definition) is 1. The van der Waals surface area contributed by atoms with Crippen molar-refractivity contribution in [2.45, 2.75) is 12.8 Å². The minimum Gasteiger partial charge on any atom is -0.347 e. The summed E-state index contributed by atoms with van der Waals surface area (Å²) >= 11 is 0. The monoisotopic (exact) mass is 307 g/mol. The molecule has 0 atom stereocenters. The molecule has 0 spiro atoms. The van der Waals surface area contributed by atoms with E-state index in [4.69, 9.17) is 0 Å². The number of halogens is 1. The maximum atomic E-state index is 12.8. The number of likely N-dealkylation sites (N-methyl/N-ethyl adjacent to an activating group) is 1. The van der Waals surface area contributed by atoms with Crippen LogP contribution in [0.15, 0.2) is 24.3 Å². The van der Waals surface area contributed by atoms with E-state index in [0.717, 1.165) is 18.7 Å². The Hall–Kier alpha value is -1.95. The van der Waals surface area contributed by atoms with E-state index in [0.29, 0.717) is 25.9 Å². The molecule has 5 nitrogen and oxygen atoms in total. The van der Waals surface area contributed by atoms with Gasteiger partial charge in [-0.05, 0) is 31.2 Å². The van der Waals surface area contributed by atoms with Crippen molar-refractivity contribution in [1.82, 2.24) is 15.1 Å². The zero-order valence-electron chi connectivity index (χ0n) is 12.8. The molecule has 1 heterocycles. The van der Waals surface area contributed by atoms with Crippen LogP contribution in [0.5, 0.6) is 0 Å². The normalized spacial score (nSPS) is 15.6. The van der Waals surface area contributed by atoms with E-state index in [-0.39, 0.29) is 24.2 Å². The molecule has 0 unspecified atom stereocenters. The van der Waals surface area contributed by atoms with E-state index in [1.807, 2.05) is 7.05 Å². The SMILES string of the molecule is CN1CCN(C(=O)CNC(=O)CCc2ccc(F)cc2)CC1. The van der Waals surface area contributed by atoms with Crippen LogP contribution in [0.1, 0.15) is 12.0 Å². The van der Waals surface area contributed by atoms with Crippen LogP contribution in [0, 0.1) is 5.82 Å². The first kappa shape index (κ1) is 16.4. The number of carbonyl (C=O) groups is 2. The molecule has 0 aromatic heterocycles. The molecule has 1 saturated heterocycles. The summed E-state index contributed by atoms with van der Waals surface area (Å²) in [4.78, 5) is 27.7. The van der Waals surface area contributed by atoms with Gasteiger partial charge in [0.2, 0.25) is 11.8 Å². The number of benzene rings is 1. The van der Waals surface area contributed by atoms with E-state index < -0.39 is 0 Å². The standard InChI is InChI=1S/C16H22FN3O2/c1-19-8-10-20(11-9-19)16(22)12-18-15(21)7-4-13-2-5-14(17)6-3-13/h2-3,5-6H,4,7-12H2,1H3,(H,18,21). The molecule has 1 aromatic rings. The molecule has 1 aliphatic heterocycles. The molecule has 1 aliphatic rings. The van der Waals surface area contributed by atoms with Crippen molar-refractivity contribution >= 4 is 11.8 Å². The molecule has 22 heavy (non-hydrogen) atoms. The van der Waals surface area contributed by atoms with E-state index in [9.17, 15) is 14.0 Å². The smallest absolute Gasteiger partial charge is 0.242 e. The Morgan fingerprint density at radius 3 is 2.41 bits per heavy atom. The number of nitrogens with zero attached hydrogens (tertiary/aromatic N) is 2. The number of aryl methyl sites for hydroxylation is 1. The molecule has 1 aromatic carbocycles. The maximum absolute atomic E-state index is 12.8. The number of carbonyl (C=O) groups excluding carboxylic acids is 2. The van der Waals surface area contributed by atoms with Crippen LogP contribution in [-0.4, -0.2) is 61.4 Å². The summed E-state index contributed by atoms with van der Waals surface area (Å²) in [7, 11) is 2.03. The molecule has 6 heteroatoms. The van der Waals surface area contributed by atoms with Crippen molar-refractivity contribution in [1.29, 1.82) is 0 Å². The van der Waals surface area contributed by atoms with Crippen LogP contribution in [0.25, 0.3) is 0 Å². The average Bonchev–Trinajstić information content (AvgIpc) is 2.52. The third kappa shape index (κ3) is 5.11. The van der Waals surface area contributed by atoms with Gasteiger partial charge in [0, 0.05) is 32.6 Å². The van der Waals surface area contributed by atoms with Crippen molar-refractivity contribution in [3.8, 4) is 0 Å². The minimum atomic E-state index is -0.286. The van der Waals surface area contributed by atoms with Crippen molar-refractivity contribution in [3.05, 3.63) is 35.6 Å². The fourth-order valence-corrected chi connectivity index (χ4v) is 2.34. The Balaban J connectivity index is 1.66. The topological polar surface area (TPSA) is 52.6 Å². The quantitative estimate of drug-likeness (QED) is 0.869. The number of nitrogens with one attached hydrogen (secondary N) is 1. The van der Waals surface area contributed by atoms with Gasteiger partial charge in [-0.25, -0.2) is 4.39 Å². The molecular weight excluding hydrogens is 285 g/mol. The van der Waals surface area contributed by atoms with E-state index in [1.165, 1.54) is 12.1 Å². The summed E-state index contributed by atoms with van der Waals surface area (Å²) in [6.07, 6.45) is 0.830. The average molecular weight is 307 g/mol. The predicted molar refractivity (Wildman–Crippen MR) is 81.8 cm³/mol. The van der Waals surface area contributed by atoms with Crippen LogP contribution in [0.2, 0.25) is 0 Å². The zero-order chi connectivity index (χ0) is 15.9. The van der Waals surface area contributed by atoms with Gasteiger partial charge in [0.15, 0.2) is 0 Å². The van der Waals surface area contributed by atoms with Crippen LogP contribution >= 0.6 is 0 Å². The van der Waals surface area contributed by atoms with Gasteiger partial charge in [-0.15, -0.1) is 0 Å². The summed E-state index contributed by atoms with van der Waals surface area (Å²) in [5, 5.41) is 2.65. The molecule has 1 fully saturated rings. The summed E-state index contributed by atoms with van der Waals surface area (Å²) < 4.78 is 12.8. The van der Waals surface area contributed by atoms with Crippen LogP contribution in [0.3, 0.4) is 0 Å². The van der Waals surface area contributed by atoms with Gasteiger partial charge in [0.05, 0.1) is 6.54 Å². The second-order valence-electron chi connectivity index (χ2n) is 5.59. The van der Waals surface area contributed by atoms with Gasteiger partial charge in [-0.3, -0.25) is 9.59 Å². The molecule has 0 aliphatic carbocycles. The van der Waals surface area contributed by atoms with E-state index >= 15 is 0 Å². The fraction of sp³-hybridized carbons (Fsp3) is 0.500. The van der Waals surface area contributed by atoms with Crippen molar-refractivity contribution in [2.75, 3.05) is 39.8 Å². The number of rotatable bonds is 5. The maximum Gasteiger partial charge on any atom is 0.242 e. The van der Waals surface area contributed by atoms with Crippen LogP contribution in [-0.2, 0) is 16.0 Å². The van der Waals surface area contributed by atoms with Gasteiger partial charge in [0.25, 0.3) is 0 Å². The Morgan fingerprint density at radius 1 is 1.14 bits per heavy atom. The Kier molecular flexibility index (Phi) is 5.89. The molecule has 0 radical (unpaired) electrons. The number of piperazine rings is 1. The van der Waals surface area contributed by atoms with Gasteiger partial charge in [-0.1, -0.05) is 12.1 Å². The lowest BCUT2D eigenvalue weighted by molar-refractivity contribution is -0.134. The largest absolute Gasteiger partial charge is 0.347 e. The van der Waals surface area contributed by atoms with Gasteiger partial charge in [-0.2, -0.15) is 0 Å². The van der Waals surface area contributed by atoms with E-state index in [2.05, 4.69) is 10.2 Å². The lowest BCUT2D eigenvalue weighted by Crippen LogP contribution is -2.50. The minimum absolute atomic E-state index is 0.0387. The highest BCUT2D eigenvalue weighted by Crippen LogP contribution is 2.05. The third-order valence-corrected chi connectivity index (χ3v) is 3.85. The molecule has 2 amide bonds. The number of amides is 2. The number of hydrogen-bond acceptors (Lipinski definition) is 3. The van der Waals surface area contributed by atoms with Crippen molar-refractivity contribution in [2.24, 2.45) is 0 Å². The second-order valence-corrected chi connectivity index (χ2v) is 5.59. The first-order valence-electron chi connectivity index (χ1n) is 7.52.